The van der Waals surface area contributed by atoms with Crippen LogP contribution in [-0.2, 0) is 6.54 Å². The number of aryl methyl sites for hydroxylation is 1. The van der Waals surface area contributed by atoms with Crippen molar-refractivity contribution in [2.75, 3.05) is 5.73 Å². The van der Waals surface area contributed by atoms with Gasteiger partial charge in [0.15, 0.2) is 0 Å². The lowest BCUT2D eigenvalue weighted by atomic mass is 10.1. The fourth-order valence-corrected chi connectivity index (χ4v) is 2.22. The number of halogens is 2. The third kappa shape index (κ3) is 2.11. The molecule has 1 aromatic carbocycles. The van der Waals surface area contributed by atoms with E-state index >= 15 is 0 Å². The Labute approximate surface area is 116 Å². The summed E-state index contributed by atoms with van der Waals surface area (Å²) in [5.41, 5.74) is 7.49. The zero-order valence-corrected chi connectivity index (χ0v) is 11.5. The predicted molar refractivity (Wildman–Crippen MR) is 77.0 cm³/mol. The first kappa shape index (κ1) is 13.0. The number of allylic oxidation sites excluding steroid dienone is 1. The molecule has 5 heteroatoms. The standard InChI is InChI=1S/C13H13Cl2N3/c1-3-7-18-8(2)17-12(13(18)16)9-5-4-6-10(14)11(9)15/h3-6H,1,7,16H2,2H3. The van der Waals surface area contributed by atoms with Crippen LogP contribution in [0.1, 0.15) is 5.82 Å². The van der Waals surface area contributed by atoms with Crippen molar-refractivity contribution in [1.29, 1.82) is 0 Å². The molecule has 0 unspecified atom stereocenters. The molecule has 0 aliphatic rings. The highest BCUT2D eigenvalue weighted by Gasteiger charge is 2.16. The fraction of sp³-hybridized carbons (Fsp3) is 0.154. The lowest BCUT2D eigenvalue weighted by molar-refractivity contribution is 0.792. The largest absolute Gasteiger partial charge is 0.383 e. The zero-order chi connectivity index (χ0) is 13.3. The number of imidazole rings is 1. The molecule has 3 nitrogen and oxygen atoms in total. The summed E-state index contributed by atoms with van der Waals surface area (Å²) in [5, 5.41) is 0.957. The van der Waals surface area contributed by atoms with E-state index in [-0.39, 0.29) is 0 Å². The summed E-state index contributed by atoms with van der Waals surface area (Å²) < 4.78 is 1.87. The SMILES string of the molecule is C=CCn1c(C)nc(-c2cccc(Cl)c2Cl)c1N. The third-order valence-electron chi connectivity index (χ3n) is 2.72. The van der Waals surface area contributed by atoms with Gasteiger partial charge in [-0.05, 0) is 13.0 Å². The smallest absolute Gasteiger partial charge is 0.132 e. The Morgan fingerprint density at radius 3 is 2.83 bits per heavy atom. The van der Waals surface area contributed by atoms with Crippen molar-refractivity contribution < 1.29 is 0 Å². The molecular weight excluding hydrogens is 269 g/mol. The molecule has 0 spiro atoms. The van der Waals surface area contributed by atoms with E-state index in [0.29, 0.717) is 28.1 Å². The van der Waals surface area contributed by atoms with E-state index in [4.69, 9.17) is 28.9 Å². The highest BCUT2D eigenvalue weighted by Crippen LogP contribution is 2.35. The number of rotatable bonds is 3. The van der Waals surface area contributed by atoms with Crippen LogP contribution >= 0.6 is 23.2 Å². The van der Waals surface area contributed by atoms with Crippen molar-refractivity contribution in [3.05, 3.63) is 46.7 Å². The van der Waals surface area contributed by atoms with Crippen LogP contribution in [0.2, 0.25) is 10.0 Å². The summed E-state index contributed by atoms with van der Waals surface area (Å²) in [5.74, 6) is 1.38. The second-order valence-corrected chi connectivity index (χ2v) is 4.68. The van der Waals surface area contributed by atoms with Gasteiger partial charge in [0, 0.05) is 12.1 Å². The van der Waals surface area contributed by atoms with Crippen molar-refractivity contribution in [1.82, 2.24) is 9.55 Å². The lowest BCUT2D eigenvalue weighted by Crippen LogP contribution is -2.03. The monoisotopic (exact) mass is 281 g/mol. The molecular formula is C13H13Cl2N3. The molecule has 0 saturated heterocycles. The molecule has 0 amide bonds. The molecule has 1 aromatic heterocycles. The van der Waals surface area contributed by atoms with Gasteiger partial charge in [-0.25, -0.2) is 4.98 Å². The molecule has 2 aromatic rings. The molecule has 0 fully saturated rings. The van der Waals surface area contributed by atoms with E-state index in [0.717, 1.165) is 11.4 Å². The number of aromatic nitrogens is 2. The van der Waals surface area contributed by atoms with Crippen LogP contribution in [0.3, 0.4) is 0 Å². The predicted octanol–water partition coefficient (Wildman–Crippen LogP) is 3.93. The second kappa shape index (κ2) is 5.04. The van der Waals surface area contributed by atoms with Gasteiger partial charge in [-0.1, -0.05) is 41.4 Å². The second-order valence-electron chi connectivity index (χ2n) is 3.89. The maximum atomic E-state index is 6.18. The first-order valence-corrected chi connectivity index (χ1v) is 6.19. The minimum atomic E-state index is 0.467. The number of hydrogen-bond acceptors (Lipinski definition) is 2. The van der Waals surface area contributed by atoms with Gasteiger partial charge in [0.25, 0.3) is 0 Å². The maximum Gasteiger partial charge on any atom is 0.132 e. The van der Waals surface area contributed by atoms with Crippen molar-refractivity contribution in [2.24, 2.45) is 0 Å². The Kier molecular flexibility index (Phi) is 3.64. The summed E-state index contributed by atoms with van der Waals surface area (Å²) >= 11 is 12.2. The zero-order valence-electron chi connectivity index (χ0n) is 9.95. The van der Waals surface area contributed by atoms with E-state index in [1.54, 1.807) is 12.1 Å². The first-order valence-electron chi connectivity index (χ1n) is 5.44. The van der Waals surface area contributed by atoms with E-state index in [1.807, 2.05) is 23.6 Å². The van der Waals surface area contributed by atoms with E-state index in [1.165, 1.54) is 0 Å². The van der Waals surface area contributed by atoms with Crippen molar-refractivity contribution >= 4 is 29.0 Å². The quantitative estimate of drug-likeness (QED) is 0.867. The average molecular weight is 282 g/mol. The molecule has 0 bridgehead atoms. The van der Waals surface area contributed by atoms with Crippen LogP contribution in [0.25, 0.3) is 11.3 Å². The van der Waals surface area contributed by atoms with Crippen LogP contribution in [0, 0.1) is 6.92 Å². The molecule has 2 N–H and O–H groups in total. The Balaban J connectivity index is 2.61. The summed E-state index contributed by atoms with van der Waals surface area (Å²) in [7, 11) is 0. The molecule has 0 aliphatic carbocycles. The van der Waals surface area contributed by atoms with Gasteiger partial charge in [-0.15, -0.1) is 6.58 Å². The van der Waals surface area contributed by atoms with Crippen molar-refractivity contribution in [3.63, 3.8) is 0 Å². The number of hydrogen-bond donors (Lipinski definition) is 1. The van der Waals surface area contributed by atoms with E-state index in [9.17, 15) is 0 Å². The first-order chi connectivity index (χ1) is 8.56. The van der Waals surface area contributed by atoms with Gasteiger partial charge in [0.1, 0.15) is 17.3 Å². The molecule has 18 heavy (non-hydrogen) atoms. The summed E-state index contributed by atoms with van der Waals surface area (Å²) in [6.45, 7) is 6.21. The van der Waals surface area contributed by atoms with Gasteiger partial charge in [0.2, 0.25) is 0 Å². The Morgan fingerprint density at radius 1 is 1.44 bits per heavy atom. The Hall–Kier alpha value is -1.45. The number of nitrogens with zero attached hydrogens (tertiary/aromatic N) is 2. The summed E-state index contributed by atoms with van der Waals surface area (Å²) in [6, 6.07) is 5.41. The van der Waals surface area contributed by atoms with Crippen molar-refractivity contribution in [2.45, 2.75) is 13.5 Å². The molecule has 0 saturated carbocycles. The third-order valence-corrected chi connectivity index (χ3v) is 3.53. The maximum absolute atomic E-state index is 6.18. The summed E-state index contributed by atoms with van der Waals surface area (Å²) in [4.78, 5) is 4.45. The molecule has 1 heterocycles. The van der Waals surface area contributed by atoms with Crippen LogP contribution in [0.4, 0.5) is 5.82 Å². The number of nitrogens with two attached hydrogens (primary N) is 1. The van der Waals surface area contributed by atoms with Crippen molar-refractivity contribution in [3.8, 4) is 11.3 Å². The summed E-state index contributed by atoms with van der Waals surface area (Å²) in [6.07, 6.45) is 1.77. The molecule has 0 atom stereocenters. The number of nitrogen functional groups attached to an aromatic ring is 1. The minimum absolute atomic E-state index is 0.467. The van der Waals surface area contributed by atoms with Crippen LogP contribution in [-0.4, -0.2) is 9.55 Å². The lowest BCUT2D eigenvalue weighted by Gasteiger charge is -2.06. The number of anilines is 1. The fourth-order valence-electron chi connectivity index (χ4n) is 1.83. The van der Waals surface area contributed by atoms with Crippen LogP contribution in [0.15, 0.2) is 30.9 Å². The average Bonchev–Trinajstić information content (AvgIpc) is 2.61. The molecule has 94 valence electrons. The highest BCUT2D eigenvalue weighted by molar-refractivity contribution is 6.43. The van der Waals surface area contributed by atoms with Crippen LogP contribution < -0.4 is 5.73 Å². The topological polar surface area (TPSA) is 43.8 Å². The van der Waals surface area contributed by atoms with Crippen LogP contribution in [0.5, 0.6) is 0 Å². The highest BCUT2D eigenvalue weighted by atomic mass is 35.5. The minimum Gasteiger partial charge on any atom is -0.383 e. The molecule has 2 rings (SSSR count). The molecule has 0 radical (unpaired) electrons. The normalized spacial score (nSPS) is 10.6. The molecule has 0 aliphatic heterocycles. The van der Waals surface area contributed by atoms with Gasteiger partial charge in [-0.3, -0.25) is 0 Å². The van der Waals surface area contributed by atoms with Gasteiger partial charge >= 0.3 is 0 Å². The van der Waals surface area contributed by atoms with E-state index < -0.39 is 0 Å². The Bertz CT molecular complexity index is 603. The Morgan fingerprint density at radius 2 is 2.17 bits per heavy atom. The van der Waals surface area contributed by atoms with Gasteiger partial charge in [0.05, 0.1) is 10.0 Å². The van der Waals surface area contributed by atoms with Gasteiger partial charge < -0.3 is 10.3 Å². The number of benzene rings is 1. The van der Waals surface area contributed by atoms with E-state index in [2.05, 4.69) is 11.6 Å². The van der Waals surface area contributed by atoms with Gasteiger partial charge in [-0.2, -0.15) is 0 Å².